The molecule has 0 radical (unpaired) electrons. The number of carboxylic acids is 1. The van der Waals surface area contributed by atoms with Gasteiger partial charge in [0.1, 0.15) is 0 Å². The first kappa shape index (κ1) is 12.6. The van der Waals surface area contributed by atoms with Crippen molar-refractivity contribution in [2.24, 2.45) is 0 Å². The lowest BCUT2D eigenvalue weighted by Gasteiger charge is -2.14. The van der Waals surface area contributed by atoms with Crippen LogP contribution >= 0.6 is 11.3 Å². The first-order valence-electron chi connectivity index (χ1n) is 5.55. The number of urea groups is 1. The van der Waals surface area contributed by atoms with Gasteiger partial charge in [-0.1, -0.05) is 0 Å². The van der Waals surface area contributed by atoms with E-state index in [2.05, 4.69) is 0 Å². The summed E-state index contributed by atoms with van der Waals surface area (Å²) < 4.78 is 0. The van der Waals surface area contributed by atoms with Crippen LogP contribution in [0.4, 0.5) is 4.79 Å². The molecule has 5 nitrogen and oxygen atoms in total. The molecule has 0 unspecified atom stereocenters. The van der Waals surface area contributed by atoms with Gasteiger partial charge in [-0.25, -0.2) is 9.59 Å². The van der Waals surface area contributed by atoms with Gasteiger partial charge in [-0.2, -0.15) is 0 Å². The number of likely N-dealkylation sites (N-methyl/N-ethyl adjacent to an activating group) is 1. The van der Waals surface area contributed by atoms with Gasteiger partial charge in [-0.3, -0.25) is 0 Å². The molecule has 1 aromatic rings. The highest BCUT2D eigenvalue weighted by molar-refractivity contribution is 7.10. The van der Waals surface area contributed by atoms with Gasteiger partial charge < -0.3 is 14.9 Å². The van der Waals surface area contributed by atoms with E-state index in [1.54, 1.807) is 22.9 Å². The highest BCUT2D eigenvalue weighted by Gasteiger charge is 2.25. The van der Waals surface area contributed by atoms with Gasteiger partial charge in [-0.15, -0.1) is 11.3 Å². The van der Waals surface area contributed by atoms with Gasteiger partial charge in [0.2, 0.25) is 0 Å². The second kappa shape index (κ2) is 5.22. The first-order valence-corrected chi connectivity index (χ1v) is 6.42. The maximum Gasteiger partial charge on any atom is 0.328 e. The van der Waals surface area contributed by atoms with Gasteiger partial charge in [0.25, 0.3) is 0 Å². The Kier molecular flexibility index (Phi) is 3.66. The van der Waals surface area contributed by atoms with Crippen LogP contribution in [0.15, 0.2) is 17.5 Å². The largest absolute Gasteiger partial charge is 0.478 e. The van der Waals surface area contributed by atoms with Crippen molar-refractivity contribution in [1.82, 2.24) is 9.80 Å². The van der Waals surface area contributed by atoms with Crippen molar-refractivity contribution in [3.05, 3.63) is 28.0 Å². The highest BCUT2D eigenvalue weighted by atomic mass is 32.1. The monoisotopic (exact) mass is 266 g/mol. The standard InChI is InChI=1S/C12H14N2O3S/c1-13-4-5-14(12(13)17)7-10-6-9(8-18-10)2-3-11(15)16/h2-3,6,8H,4-5,7H2,1H3,(H,15,16)/b3-2+. The summed E-state index contributed by atoms with van der Waals surface area (Å²) in [5.74, 6) is -0.959. The van der Waals surface area contributed by atoms with Gasteiger partial charge in [0, 0.05) is 31.1 Å². The second-order valence-electron chi connectivity index (χ2n) is 4.14. The third-order valence-electron chi connectivity index (χ3n) is 2.74. The highest BCUT2D eigenvalue weighted by Crippen LogP contribution is 2.20. The Balaban J connectivity index is 1.99. The van der Waals surface area contributed by atoms with Crippen LogP contribution in [0, 0.1) is 0 Å². The average Bonchev–Trinajstić information content (AvgIpc) is 2.89. The molecule has 1 aromatic heterocycles. The fraction of sp³-hybridized carbons (Fsp3) is 0.333. The summed E-state index contributed by atoms with van der Waals surface area (Å²) in [5, 5.41) is 10.4. The van der Waals surface area contributed by atoms with Crippen molar-refractivity contribution in [2.75, 3.05) is 20.1 Å². The van der Waals surface area contributed by atoms with Gasteiger partial charge in [0.05, 0.1) is 6.54 Å². The van der Waals surface area contributed by atoms with Crippen LogP contribution in [0.5, 0.6) is 0 Å². The summed E-state index contributed by atoms with van der Waals surface area (Å²) in [7, 11) is 1.79. The smallest absolute Gasteiger partial charge is 0.328 e. The minimum absolute atomic E-state index is 0.0472. The van der Waals surface area contributed by atoms with E-state index in [-0.39, 0.29) is 6.03 Å². The first-order chi connectivity index (χ1) is 8.56. The van der Waals surface area contributed by atoms with Gasteiger partial charge in [-0.05, 0) is 23.1 Å². The molecule has 6 heteroatoms. The molecule has 1 aliphatic heterocycles. The lowest BCUT2D eigenvalue weighted by atomic mass is 10.3. The van der Waals surface area contributed by atoms with E-state index >= 15 is 0 Å². The molecule has 0 bridgehead atoms. The van der Waals surface area contributed by atoms with E-state index in [1.807, 2.05) is 11.4 Å². The molecule has 0 saturated carbocycles. The average molecular weight is 266 g/mol. The maximum atomic E-state index is 11.7. The van der Waals surface area contributed by atoms with Crippen LogP contribution in [-0.2, 0) is 11.3 Å². The van der Waals surface area contributed by atoms with Crippen LogP contribution < -0.4 is 0 Å². The third-order valence-corrected chi connectivity index (χ3v) is 3.68. The van der Waals surface area contributed by atoms with Crippen molar-refractivity contribution in [1.29, 1.82) is 0 Å². The summed E-state index contributed by atoms with van der Waals surface area (Å²) in [6, 6.07) is 1.96. The quantitative estimate of drug-likeness (QED) is 0.844. The zero-order valence-corrected chi connectivity index (χ0v) is 10.8. The molecule has 2 rings (SSSR count). The minimum atomic E-state index is -0.959. The number of carboxylic acid groups (broad SMARTS) is 1. The number of rotatable bonds is 4. The zero-order chi connectivity index (χ0) is 13.1. The molecular formula is C12H14N2O3S. The lowest BCUT2D eigenvalue weighted by molar-refractivity contribution is -0.131. The third kappa shape index (κ3) is 2.89. The SMILES string of the molecule is CN1CCN(Cc2cc(/C=C/C(=O)O)cs2)C1=O. The second-order valence-corrected chi connectivity index (χ2v) is 5.14. The summed E-state index contributed by atoms with van der Waals surface area (Å²) in [6.07, 6.45) is 2.67. The molecule has 2 heterocycles. The lowest BCUT2D eigenvalue weighted by Crippen LogP contribution is -2.28. The van der Waals surface area contributed by atoms with Gasteiger partial charge in [0.15, 0.2) is 0 Å². The van der Waals surface area contributed by atoms with Crippen LogP contribution in [0.25, 0.3) is 6.08 Å². The Morgan fingerprint density at radius 1 is 1.56 bits per heavy atom. The number of carbonyl (C=O) groups is 2. The molecule has 1 N–H and O–H groups in total. The topological polar surface area (TPSA) is 60.9 Å². The number of hydrogen-bond acceptors (Lipinski definition) is 3. The van der Waals surface area contributed by atoms with Crippen LogP contribution in [0.3, 0.4) is 0 Å². The van der Waals surface area contributed by atoms with E-state index in [9.17, 15) is 9.59 Å². The zero-order valence-electron chi connectivity index (χ0n) is 10.00. The number of hydrogen-bond donors (Lipinski definition) is 1. The van der Waals surface area contributed by atoms with Crippen molar-refractivity contribution in [3.63, 3.8) is 0 Å². The van der Waals surface area contributed by atoms with Crippen molar-refractivity contribution in [2.45, 2.75) is 6.54 Å². The Labute approximate surface area is 109 Å². The molecule has 1 aliphatic rings. The van der Waals surface area contributed by atoms with Crippen LogP contribution in [0.2, 0.25) is 0 Å². The molecular weight excluding hydrogens is 252 g/mol. The Bertz CT molecular complexity index is 495. The van der Waals surface area contributed by atoms with Crippen molar-refractivity contribution >= 4 is 29.4 Å². The number of amides is 2. The van der Waals surface area contributed by atoms with E-state index in [0.717, 1.165) is 29.6 Å². The number of nitrogens with zero attached hydrogens (tertiary/aromatic N) is 2. The maximum absolute atomic E-state index is 11.7. The van der Waals surface area contributed by atoms with Crippen LogP contribution in [0.1, 0.15) is 10.4 Å². The molecule has 0 atom stereocenters. The normalized spacial score (nSPS) is 15.9. The molecule has 0 aromatic carbocycles. The fourth-order valence-electron chi connectivity index (χ4n) is 1.77. The summed E-state index contributed by atoms with van der Waals surface area (Å²) in [5.41, 5.74) is 0.859. The van der Waals surface area contributed by atoms with E-state index in [1.165, 1.54) is 11.3 Å². The van der Waals surface area contributed by atoms with E-state index in [4.69, 9.17) is 5.11 Å². The summed E-state index contributed by atoms with van der Waals surface area (Å²) >= 11 is 1.53. The van der Waals surface area contributed by atoms with Crippen molar-refractivity contribution < 1.29 is 14.7 Å². The predicted molar refractivity (Wildman–Crippen MR) is 69.4 cm³/mol. The molecule has 0 spiro atoms. The van der Waals surface area contributed by atoms with Gasteiger partial charge >= 0.3 is 12.0 Å². The van der Waals surface area contributed by atoms with E-state index in [0.29, 0.717) is 6.54 Å². The summed E-state index contributed by atoms with van der Waals surface area (Å²) in [6.45, 7) is 2.10. The number of aliphatic carboxylic acids is 1. The Morgan fingerprint density at radius 3 is 2.94 bits per heavy atom. The number of carbonyl (C=O) groups excluding carboxylic acids is 1. The summed E-state index contributed by atoms with van der Waals surface area (Å²) in [4.78, 5) is 26.6. The Morgan fingerprint density at radius 2 is 2.33 bits per heavy atom. The molecule has 0 aliphatic carbocycles. The fourth-order valence-corrected chi connectivity index (χ4v) is 2.64. The predicted octanol–water partition coefficient (Wildman–Crippen LogP) is 1.71. The number of thiophene rings is 1. The molecule has 18 heavy (non-hydrogen) atoms. The van der Waals surface area contributed by atoms with Crippen LogP contribution in [-0.4, -0.2) is 47.0 Å². The van der Waals surface area contributed by atoms with Crippen molar-refractivity contribution in [3.8, 4) is 0 Å². The Hall–Kier alpha value is -1.82. The molecule has 1 saturated heterocycles. The molecule has 2 amide bonds. The minimum Gasteiger partial charge on any atom is -0.478 e. The van der Waals surface area contributed by atoms with E-state index < -0.39 is 5.97 Å². The molecule has 1 fully saturated rings. The molecule has 96 valence electrons.